The molecule has 1 aliphatic heterocycles. The molecule has 0 aliphatic carbocycles. The van der Waals surface area contributed by atoms with Crippen molar-refractivity contribution in [3.05, 3.63) is 54.6 Å². The van der Waals surface area contributed by atoms with Gasteiger partial charge in [0.25, 0.3) is 0 Å². The van der Waals surface area contributed by atoms with Gasteiger partial charge >= 0.3 is 0 Å². The Balaban J connectivity index is 1.48. The first-order valence-electron chi connectivity index (χ1n) is 9.29. The molecule has 1 aliphatic rings. The van der Waals surface area contributed by atoms with Crippen LogP contribution in [0.15, 0.2) is 54.6 Å². The molecule has 1 fully saturated rings. The molecule has 1 amide bonds. The second kappa shape index (κ2) is 9.25. The fraction of sp³-hybridized carbons (Fsp3) is 0.381. The number of para-hydroxylation sites is 1. The number of hydrogen-bond acceptors (Lipinski definition) is 4. The Labute approximate surface area is 155 Å². The van der Waals surface area contributed by atoms with E-state index in [2.05, 4.69) is 39.4 Å². The van der Waals surface area contributed by atoms with Crippen molar-refractivity contribution in [3.63, 3.8) is 0 Å². The molecule has 0 saturated carbocycles. The van der Waals surface area contributed by atoms with Crippen LogP contribution in [-0.2, 0) is 4.79 Å². The molecule has 0 unspecified atom stereocenters. The Morgan fingerprint density at radius 1 is 1.00 bits per heavy atom. The van der Waals surface area contributed by atoms with Gasteiger partial charge in [0.1, 0.15) is 5.75 Å². The average molecular weight is 353 g/mol. The molecule has 1 N–H and O–H groups in total. The third-order valence-corrected chi connectivity index (χ3v) is 4.53. The van der Waals surface area contributed by atoms with Crippen LogP contribution in [0.25, 0.3) is 0 Å². The molecule has 0 radical (unpaired) electrons. The highest BCUT2D eigenvalue weighted by atomic mass is 16.5. The molecular weight excluding hydrogens is 326 g/mol. The number of nitrogens with one attached hydrogen (secondary N) is 1. The molecule has 2 aromatic rings. The molecule has 0 spiro atoms. The fourth-order valence-electron chi connectivity index (χ4n) is 3.23. The molecule has 0 bridgehead atoms. The molecular formula is C21H27N3O2. The summed E-state index contributed by atoms with van der Waals surface area (Å²) >= 11 is 0. The standard InChI is InChI=1S/C21H27N3O2/c1-2-26-20-11-9-18(10-12-20)22-21(25)17-23-13-6-14-24(16-15-23)19-7-4-3-5-8-19/h3-5,7-12H,2,6,13-17H2,1H3,(H,22,25). The summed E-state index contributed by atoms with van der Waals surface area (Å²) < 4.78 is 5.42. The highest BCUT2D eigenvalue weighted by Gasteiger charge is 2.17. The van der Waals surface area contributed by atoms with Gasteiger partial charge in [-0.05, 0) is 49.7 Å². The van der Waals surface area contributed by atoms with Gasteiger partial charge in [-0.2, -0.15) is 0 Å². The van der Waals surface area contributed by atoms with Gasteiger partial charge in [-0.1, -0.05) is 18.2 Å². The highest BCUT2D eigenvalue weighted by molar-refractivity contribution is 5.92. The van der Waals surface area contributed by atoms with Crippen LogP contribution in [0.4, 0.5) is 11.4 Å². The number of ether oxygens (including phenoxy) is 1. The number of amides is 1. The molecule has 5 nitrogen and oxygen atoms in total. The Kier molecular flexibility index (Phi) is 6.50. The molecule has 1 heterocycles. The van der Waals surface area contributed by atoms with Gasteiger partial charge in [0.15, 0.2) is 0 Å². The summed E-state index contributed by atoms with van der Waals surface area (Å²) in [6.45, 7) is 6.83. The van der Waals surface area contributed by atoms with Crippen LogP contribution < -0.4 is 15.0 Å². The van der Waals surface area contributed by atoms with Gasteiger partial charge in [-0.25, -0.2) is 0 Å². The summed E-state index contributed by atoms with van der Waals surface area (Å²) in [6.07, 6.45) is 1.06. The Bertz CT molecular complexity index is 688. The molecule has 2 aromatic carbocycles. The maximum absolute atomic E-state index is 12.4. The topological polar surface area (TPSA) is 44.8 Å². The van der Waals surface area contributed by atoms with Gasteiger partial charge in [-0.15, -0.1) is 0 Å². The lowest BCUT2D eigenvalue weighted by Crippen LogP contribution is -2.36. The summed E-state index contributed by atoms with van der Waals surface area (Å²) in [5.74, 6) is 0.848. The Hall–Kier alpha value is -2.53. The smallest absolute Gasteiger partial charge is 0.238 e. The summed E-state index contributed by atoms with van der Waals surface area (Å²) in [5, 5.41) is 2.97. The molecule has 0 aromatic heterocycles. The van der Waals surface area contributed by atoms with E-state index in [4.69, 9.17) is 4.74 Å². The van der Waals surface area contributed by atoms with Crippen LogP contribution in [0.2, 0.25) is 0 Å². The van der Waals surface area contributed by atoms with Gasteiger partial charge in [0, 0.05) is 37.6 Å². The zero-order chi connectivity index (χ0) is 18.2. The van der Waals surface area contributed by atoms with E-state index in [-0.39, 0.29) is 5.91 Å². The number of hydrogen-bond donors (Lipinski definition) is 1. The number of nitrogens with zero attached hydrogens (tertiary/aromatic N) is 2. The van der Waals surface area contributed by atoms with Crippen molar-refractivity contribution in [3.8, 4) is 5.75 Å². The third kappa shape index (κ3) is 5.23. The number of benzene rings is 2. The molecule has 138 valence electrons. The predicted octanol–water partition coefficient (Wildman–Crippen LogP) is 3.24. The number of carbonyl (C=O) groups excluding carboxylic acids is 1. The van der Waals surface area contributed by atoms with Crippen molar-refractivity contribution in [2.75, 3.05) is 49.5 Å². The van der Waals surface area contributed by atoms with Crippen molar-refractivity contribution < 1.29 is 9.53 Å². The molecule has 26 heavy (non-hydrogen) atoms. The first-order chi connectivity index (χ1) is 12.7. The van der Waals surface area contributed by atoms with Crippen molar-refractivity contribution in [2.24, 2.45) is 0 Å². The van der Waals surface area contributed by atoms with Crippen LogP contribution in [0.1, 0.15) is 13.3 Å². The SMILES string of the molecule is CCOc1ccc(NC(=O)CN2CCCN(c3ccccc3)CC2)cc1. The summed E-state index contributed by atoms with van der Waals surface area (Å²) in [5.41, 5.74) is 2.06. The zero-order valence-electron chi connectivity index (χ0n) is 15.4. The largest absolute Gasteiger partial charge is 0.494 e. The summed E-state index contributed by atoms with van der Waals surface area (Å²) in [4.78, 5) is 17.0. The van der Waals surface area contributed by atoms with Crippen LogP contribution in [-0.4, -0.2) is 50.1 Å². The highest BCUT2D eigenvalue weighted by Crippen LogP contribution is 2.17. The normalized spacial score (nSPS) is 15.3. The molecule has 3 rings (SSSR count). The van der Waals surface area contributed by atoms with E-state index in [1.807, 2.05) is 37.3 Å². The number of carbonyl (C=O) groups is 1. The lowest BCUT2D eigenvalue weighted by Gasteiger charge is -2.23. The van der Waals surface area contributed by atoms with Crippen LogP contribution in [0.3, 0.4) is 0 Å². The summed E-state index contributed by atoms with van der Waals surface area (Å²) in [6, 6.07) is 18.0. The van der Waals surface area contributed by atoms with Gasteiger partial charge in [0.05, 0.1) is 13.2 Å². The minimum absolute atomic E-state index is 0.0299. The molecule has 0 atom stereocenters. The van der Waals surface area contributed by atoms with Gasteiger partial charge in [-0.3, -0.25) is 9.69 Å². The molecule has 1 saturated heterocycles. The minimum atomic E-state index is 0.0299. The second-order valence-corrected chi connectivity index (χ2v) is 6.46. The predicted molar refractivity (Wildman–Crippen MR) is 106 cm³/mol. The van der Waals surface area contributed by atoms with E-state index >= 15 is 0 Å². The van der Waals surface area contributed by atoms with Crippen LogP contribution in [0, 0.1) is 0 Å². The average Bonchev–Trinajstić information content (AvgIpc) is 2.90. The fourth-order valence-corrected chi connectivity index (χ4v) is 3.23. The Morgan fingerprint density at radius 2 is 1.77 bits per heavy atom. The minimum Gasteiger partial charge on any atom is -0.494 e. The second-order valence-electron chi connectivity index (χ2n) is 6.46. The van der Waals surface area contributed by atoms with Crippen molar-refractivity contribution in [2.45, 2.75) is 13.3 Å². The van der Waals surface area contributed by atoms with Crippen molar-refractivity contribution >= 4 is 17.3 Å². The van der Waals surface area contributed by atoms with Crippen LogP contribution >= 0.6 is 0 Å². The van der Waals surface area contributed by atoms with Crippen molar-refractivity contribution in [1.82, 2.24) is 4.90 Å². The van der Waals surface area contributed by atoms with Gasteiger partial charge in [0.2, 0.25) is 5.91 Å². The maximum atomic E-state index is 12.4. The van der Waals surface area contributed by atoms with E-state index in [0.29, 0.717) is 13.2 Å². The third-order valence-electron chi connectivity index (χ3n) is 4.53. The van der Waals surface area contributed by atoms with E-state index in [9.17, 15) is 4.79 Å². The quantitative estimate of drug-likeness (QED) is 0.866. The number of rotatable bonds is 6. The summed E-state index contributed by atoms with van der Waals surface area (Å²) in [7, 11) is 0. The van der Waals surface area contributed by atoms with E-state index < -0.39 is 0 Å². The monoisotopic (exact) mass is 353 g/mol. The lowest BCUT2D eigenvalue weighted by molar-refractivity contribution is -0.117. The first kappa shape index (κ1) is 18.3. The first-order valence-corrected chi connectivity index (χ1v) is 9.29. The van der Waals surface area contributed by atoms with E-state index in [1.54, 1.807) is 0 Å². The number of anilines is 2. The van der Waals surface area contributed by atoms with Gasteiger partial charge < -0.3 is 15.0 Å². The van der Waals surface area contributed by atoms with Crippen molar-refractivity contribution in [1.29, 1.82) is 0 Å². The zero-order valence-corrected chi connectivity index (χ0v) is 15.4. The maximum Gasteiger partial charge on any atom is 0.238 e. The Morgan fingerprint density at radius 3 is 2.50 bits per heavy atom. The lowest BCUT2D eigenvalue weighted by atomic mass is 10.3. The van der Waals surface area contributed by atoms with E-state index in [0.717, 1.165) is 44.0 Å². The van der Waals surface area contributed by atoms with E-state index in [1.165, 1.54) is 5.69 Å². The molecule has 5 heteroatoms. The van der Waals surface area contributed by atoms with Crippen LogP contribution in [0.5, 0.6) is 5.75 Å².